The third kappa shape index (κ3) is 3.27. The lowest BCUT2D eigenvalue weighted by Gasteiger charge is -2.35. The van der Waals surface area contributed by atoms with Crippen LogP contribution in [0.3, 0.4) is 0 Å². The van der Waals surface area contributed by atoms with Crippen LogP contribution >= 0.6 is 11.6 Å². The van der Waals surface area contributed by atoms with Crippen molar-refractivity contribution in [2.45, 2.75) is 25.0 Å². The molecule has 3 rings (SSSR count). The maximum atomic E-state index is 11.6. The van der Waals surface area contributed by atoms with E-state index < -0.39 is 5.97 Å². The van der Waals surface area contributed by atoms with Crippen molar-refractivity contribution >= 4 is 17.6 Å². The zero-order valence-corrected chi connectivity index (χ0v) is 13.4. The summed E-state index contributed by atoms with van der Waals surface area (Å²) in [5.74, 6) is -1.09. The van der Waals surface area contributed by atoms with E-state index in [1.807, 2.05) is 24.3 Å². The second-order valence-corrected chi connectivity index (χ2v) is 6.73. The molecule has 0 amide bonds. The van der Waals surface area contributed by atoms with E-state index in [9.17, 15) is 9.90 Å². The Hall–Kier alpha value is -1.14. The highest BCUT2D eigenvalue weighted by atomic mass is 35.5. The van der Waals surface area contributed by atoms with Crippen LogP contribution in [0.15, 0.2) is 24.3 Å². The van der Waals surface area contributed by atoms with Gasteiger partial charge in [-0.3, -0.25) is 15.0 Å². The van der Waals surface area contributed by atoms with Crippen LogP contribution in [0.5, 0.6) is 0 Å². The van der Waals surface area contributed by atoms with E-state index in [-0.39, 0.29) is 18.0 Å². The van der Waals surface area contributed by atoms with Crippen molar-refractivity contribution < 1.29 is 9.90 Å². The van der Waals surface area contributed by atoms with Crippen LogP contribution < -0.4 is 10.6 Å². The number of hydrogen-bond donors (Lipinski definition) is 3. The number of nitrogens with zero attached hydrogens (tertiary/aromatic N) is 1. The Morgan fingerprint density at radius 2 is 1.95 bits per heavy atom. The van der Waals surface area contributed by atoms with Gasteiger partial charge in [-0.25, -0.2) is 0 Å². The van der Waals surface area contributed by atoms with Crippen LogP contribution in [-0.4, -0.2) is 54.4 Å². The molecule has 0 radical (unpaired) electrons. The molecule has 6 heteroatoms. The number of rotatable bonds is 3. The lowest BCUT2D eigenvalue weighted by atomic mass is 9.89. The highest BCUT2D eigenvalue weighted by Gasteiger charge is 2.41. The molecule has 2 fully saturated rings. The molecule has 5 nitrogen and oxygen atoms in total. The van der Waals surface area contributed by atoms with Crippen molar-refractivity contribution in [2.24, 2.45) is 5.92 Å². The average Bonchev–Trinajstić information content (AvgIpc) is 2.94. The minimum absolute atomic E-state index is 0.0101. The number of aliphatic carboxylic acids is 1. The largest absolute Gasteiger partial charge is 0.481 e. The number of likely N-dealkylation sites (tertiary alicyclic amines) is 1. The molecule has 3 N–H and O–H groups in total. The first kappa shape index (κ1) is 15.7. The second-order valence-electron chi connectivity index (χ2n) is 6.29. The minimum atomic E-state index is -0.723. The Morgan fingerprint density at radius 3 is 2.55 bits per heavy atom. The van der Waals surface area contributed by atoms with Gasteiger partial charge in [0, 0.05) is 43.2 Å². The predicted octanol–water partition coefficient (Wildman–Crippen LogP) is 1.35. The molecule has 0 aromatic heterocycles. The quantitative estimate of drug-likeness (QED) is 0.783. The molecule has 0 bridgehead atoms. The van der Waals surface area contributed by atoms with Crippen LogP contribution in [0.2, 0.25) is 5.02 Å². The molecule has 120 valence electrons. The Balaban J connectivity index is 1.75. The molecule has 0 spiro atoms. The molecule has 0 saturated carbocycles. The van der Waals surface area contributed by atoms with Gasteiger partial charge in [-0.2, -0.15) is 0 Å². The number of carboxylic acid groups (broad SMARTS) is 1. The third-order valence-corrected chi connectivity index (χ3v) is 4.98. The minimum Gasteiger partial charge on any atom is -0.481 e. The van der Waals surface area contributed by atoms with Crippen LogP contribution in [0, 0.1) is 5.92 Å². The van der Waals surface area contributed by atoms with Gasteiger partial charge in [0.25, 0.3) is 0 Å². The van der Waals surface area contributed by atoms with Crippen molar-refractivity contribution in [2.75, 3.05) is 26.2 Å². The lowest BCUT2D eigenvalue weighted by Crippen LogP contribution is -2.59. The lowest BCUT2D eigenvalue weighted by molar-refractivity contribution is -0.141. The fourth-order valence-corrected chi connectivity index (χ4v) is 3.54. The van der Waals surface area contributed by atoms with E-state index in [0.717, 1.165) is 25.2 Å². The second kappa shape index (κ2) is 6.54. The molecule has 1 aromatic carbocycles. The number of carboxylic acids is 1. The normalized spacial score (nSPS) is 33.0. The van der Waals surface area contributed by atoms with Crippen molar-refractivity contribution in [1.82, 2.24) is 15.5 Å². The van der Waals surface area contributed by atoms with Crippen LogP contribution in [-0.2, 0) is 4.79 Å². The number of carbonyl (C=O) groups is 1. The Labute approximate surface area is 135 Å². The van der Waals surface area contributed by atoms with Gasteiger partial charge in [0.1, 0.15) is 0 Å². The van der Waals surface area contributed by atoms with E-state index >= 15 is 0 Å². The Morgan fingerprint density at radius 1 is 1.23 bits per heavy atom. The molecule has 2 aliphatic rings. The molecule has 2 heterocycles. The van der Waals surface area contributed by atoms with Crippen molar-refractivity contribution in [3.05, 3.63) is 34.9 Å². The number of nitrogens with one attached hydrogen (secondary N) is 2. The highest BCUT2D eigenvalue weighted by molar-refractivity contribution is 6.30. The first-order valence-electron chi connectivity index (χ1n) is 7.73. The summed E-state index contributed by atoms with van der Waals surface area (Å²) in [5, 5.41) is 17.2. The van der Waals surface area contributed by atoms with Gasteiger partial charge in [-0.15, -0.1) is 0 Å². The number of piperazine rings is 1. The van der Waals surface area contributed by atoms with Gasteiger partial charge < -0.3 is 10.4 Å². The molecule has 1 aromatic rings. The summed E-state index contributed by atoms with van der Waals surface area (Å²) >= 11 is 5.94. The van der Waals surface area contributed by atoms with Gasteiger partial charge in [0.2, 0.25) is 0 Å². The summed E-state index contributed by atoms with van der Waals surface area (Å²) in [4.78, 5) is 13.9. The average molecular weight is 324 g/mol. The van der Waals surface area contributed by atoms with Crippen LogP contribution in [0.4, 0.5) is 0 Å². The summed E-state index contributed by atoms with van der Waals surface area (Å²) in [5.41, 5.74) is 1.05. The summed E-state index contributed by atoms with van der Waals surface area (Å²) in [6.07, 6.45) is 0.204. The van der Waals surface area contributed by atoms with Gasteiger partial charge in [-0.1, -0.05) is 23.7 Å². The molecule has 22 heavy (non-hydrogen) atoms. The van der Waals surface area contributed by atoms with Crippen molar-refractivity contribution in [1.29, 1.82) is 0 Å². The molecule has 2 saturated heterocycles. The van der Waals surface area contributed by atoms with Gasteiger partial charge in [0.15, 0.2) is 0 Å². The van der Waals surface area contributed by atoms with E-state index in [1.165, 1.54) is 0 Å². The fraction of sp³-hybridized carbons (Fsp3) is 0.562. The van der Waals surface area contributed by atoms with Crippen molar-refractivity contribution in [3.8, 4) is 0 Å². The van der Waals surface area contributed by atoms with Crippen LogP contribution in [0.25, 0.3) is 0 Å². The van der Waals surface area contributed by atoms with E-state index in [2.05, 4.69) is 22.5 Å². The predicted molar refractivity (Wildman–Crippen MR) is 86.1 cm³/mol. The first-order valence-corrected chi connectivity index (χ1v) is 8.11. The SMILES string of the molecule is CC1CNC(N2C[C@@H](C(=O)O)[C@H](c3ccc(Cl)cc3)C2)CN1. The summed E-state index contributed by atoms with van der Waals surface area (Å²) in [6, 6.07) is 8.02. The zero-order chi connectivity index (χ0) is 15.7. The monoisotopic (exact) mass is 323 g/mol. The molecular weight excluding hydrogens is 302 g/mol. The molecule has 2 unspecified atom stereocenters. The summed E-state index contributed by atoms with van der Waals surface area (Å²) in [7, 11) is 0. The molecule has 0 aliphatic carbocycles. The van der Waals surface area contributed by atoms with Crippen molar-refractivity contribution in [3.63, 3.8) is 0 Å². The third-order valence-electron chi connectivity index (χ3n) is 4.72. The van der Waals surface area contributed by atoms with E-state index in [4.69, 9.17) is 11.6 Å². The topological polar surface area (TPSA) is 64.6 Å². The Bertz CT molecular complexity index is 529. The van der Waals surface area contributed by atoms with Gasteiger partial charge >= 0.3 is 5.97 Å². The maximum Gasteiger partial charge on any atom is 0.308 e. The Kier molecular flexibility index (Phi) is 4.68. The first-order chi connectivity index (χ1) is 10.5. The molecular formula is C16H22ClN3O2. The van der Waals surface area contributed by atoms with E-state index in [0.29, 0.717) is 17.6 Å². The summed E-state index contributed by atoms with van der Waals surface area (Å²) in [6.45, 7) is 5.23. The maximum absolute atomic E-state index is 11.6. The molecule has 2 aliphatic heterocycles. The zero-order valence-electron chi connectivity index (χ0n) is 12.6. The van der Waals surface area contributed by atoms with Gasteiger partial charge in [0.05, 0.1) is 12.1 Å². The van der Waals surface area contributed by atoms with Gasteiger partial charge in [-0.05, 0) is 24.6 Å². The summed E-state index contributed by atoms with van der Waals surface area (Å²) < 4.78 is 0. The number of benzene rings is 1. The highest BCUT2D eigenvalue weighted by Crippen LogP contribution is 2.34. The van der Waals surface area contributed by atoms with Crippen LogP contribution in [0.1, 0.15) is 18.4 Å². The number of hydrogen-bond acceptors (Lipinski definition) is 4. The fourth-order valence-electron chi connectivity index (χ4n) is 3.41. The molecule has 4 atom stereocenters. The van der Waals surface area contributed by atoms with E-state index in [1.54, 1.807) is 0 Å². The number of halogens is 1. The smallest absolute Gasteiger partial charge is 0.308 e. The standard InChI is InChI=1S/C16H22ClN3O2/c1-10-6-19-15(7-18-10)20-8-13(14(9-20)16(21)22)11-2-4-12(17)5-3-11/h2-5,10,13-15,18-19H,6-9H2,1H3,(H,21,22)/t10?,13-,14+,15?/m0/s1.